The molecule has 1 nitrogen and oxygen atoms in total. The highest BCUT2D eigenvalue weighted by Crippen LogP contribution is 2.63. The van der Waals surface area contributed by atoms with Gasteiger partial charge in [-0.15, -0.1) is 0 Å². The van der Waals surface area contributed by atoms with Gasteiger partial charge in [-0.3, -0.25) is 0 Å². The fourth-order valence-corrected chi connectivity index (χ4v) is 11.2. The zero-order chi connectivity index (χ0) is 34.2. The number of hydrogen-bond acceptors (Lipinski definition) is 2. The summed E-state index contributed by atoms with van der Waals surface area (Å²) in [4.78, 5) is 5.23. The van der Waals surface area contributed by atoms with Gasteiger partial charge in [-0.25, -0.2) is 0 Å². The molecule has 3 heteroatoms. The maximum absolute atomic E-state index is 2.43. The van der Waals surface area contributed by atoms with Crippen molar-refractivity contribution >= 4 is 45.3 Å². The van der Waals surface area contributed by atoms with Crippen molar-refractivity contribution in [1.29, 1.82) is 0 Å². The van der Waals surface area contributed by atoms with Crippen molar-refractivity contribution < 1.29 is 0 Å². The molecule has 0 radical (unpaired) electrons. The molecule has 0 amide bonds. The molecule has 2 aliphatic rings. The van der Waals surface area contributed by atoms with Gasteiger partial charge in [0, 0.05) is 36.0 Å². The summed E-state index contributed by atoms with van der Waals surface area (Å²) in [5.74, 6) is 0. The van der Waals surface area contributed by atoms with E-state index in [0.717, 1.165) is 0 Å². The maximum Gasteiger partial charge on any atom is 0.0751 e. The number of para-hydroxylation sites is 2. The summed E-state index contributed by atoms with van der Waals surface area (Å²) in [6, 6.07) is 69.8. The molecule has 52 heavy (non-hydrogen) atoms. The summed E-state index contributed by atoms with van der Waals surface area (Å²) in [7, 11) is 0. The van der Waals surface area contributed by atoms with Gasteiger partial charge >= 0.3 is 0 Å². The van der Waals surface area contributed by atoms with Gasteiger partial charge in [-0.1, -0.05) is 163 Å². The normalized spacial score (nSPS) is 13.8. The van der Waals surface area contributed by atoms with Crippen LogP contribution in [0.5, 0.6) is 0 Å². The Bertz CT molecular complexity index is 2810. The van der Waals surface area contributed by atoms with Crippen molar-refractivity contribution in [3.05, 3.63) is 210 Å². The number of nitrogens with zero attached hydrogens (tertiary/aromatic N) is 1. The molecular weight excluding hydrogens is 667 g/mol. The maximum atomic E-state index is 2.43. The molecule has 0 saturated heterocycles. The topological polar surface area (TPSA) is 4.93 Å². The number of fused-ring (bicyclic) bond motifs is 11. The second-order valence-corrected chi connectivity index (χ2v) is 15.8. The molecule has 244 valence electrons. The first-order chi connectivity index (χ1) is 25.8. The summed E-state index contributed by atoms with van der Waals surface area (Å²) in [5.41, 5.74) is 13.5. The van der Waals surface area contributed by atoms with Gasteiger partial charge in [0.05, 0.1) is 16.4 Å². The first kappa shape index (κ1) is 29.9. The quantitative estimate of drug-likeness (QED) is 0.181. The van der Waals surface area contributed by atoms with Crippen LogP contribution >= 0.6 is 23.5 Å². The highest BCUT2D eigenvalue weighted by atomic mass is 32.2. The predicted octanol–water partition coefficient (Wildman–Crippen LogP) is 13.4. The average Bonchev–Trinajstić information content (AvgIpc) is 3.54. The van der Waals surface area contributed by atoms with Gasteiger partial charge in [0.2, 0.25) is 0 Å². The van der Waals surface area contributed by atoms with E-state index in [9.17, 15) is 0 Å². The molecule has 0 unspecified atom stereocenters. The van der Waals surface area contributed by atoms with E-state index < -0.39 is 5.41 Å². The molecule has 0 aliphatic carbocycles. The summed E-state index contributed by atoms with van der Waals surface area (Å²) in [5, 5.41) is 2.53. The van der Waals surface area contributed by atoms with E-state index >= 15 is 0 Å². The molecule has 8 aromatic carbocycles. The Morgan fingerprint density at radius 3 is 1.75 bits per heavy atom. The number of hydrogen-bond donors (Lipinski definition) is 0. The highest BCUT2D eigenvalue weighted by Gasteiger charge is 2.50. The molecule has 1 aromatic heterocycles. The Hall–Kier alpha value is -5.74. The molecule has 11 rings (SSSR count). The second-order valence-electron chi connectivity index (χ2n) is 13.6. The van der Waals surface area contributed by atoms with E-state index in [1.165, 1.54) is 91.6 Å². The van der Waals surface area contributed by atoms with Gasteiger partial charge in [0.15, 0.2) is 0 Å². The third-order valence-corrected chi connectivity index (χ3v) is 13.2. The third kappa shape index (κ3) is 4.27. The van der Waals surface area contributed by atoms with Crippen LogP contribution in [0.15, 0.2) is 208 Å². The second kappa shape index (κ2) is 11.6. The van der Waals surface area contributed by atoms with Crippen LogP contribution in [0.3, 0.4) is 0 Å². The summed E-state index contributed by atoms with van der Waals surface area (Å²) < 4.78 is 2.43. The van der Waals surface area contributed by atoms with Gasteiger partial charge in [-0.05, 0) is 93.0 Å². The first-order valence-electron chi connectivity index (χ1n) is 17.8. The minimum atomic E-state index is -0.513. The highest BCUT2D eigenvalue weighted by molar-refractivity contribution is 8.00. The van der Waals surface area contributed by atoms with Crippen molar-refractivity contribution in [2.24, 2.45) is 0 Å². The Balaban J connectivity index is 1.24. The summed E-state index contributed by atoms with van der Waals surface area (Å²) in [6.45, 7) is 0. The van der Waals surface area contributed by atoms with Crippen LogP contribution in [-0.4, -0.2) is 4.57 Å². The smallest absolute Gasteiger partial charge is 0.0751 e. The van der Waals surface area contributed by atoms with Crippen LogP contribution in [0.1, 0.15) is 22.3 Å². The van der Waals surface area contributed by atoms with Gasteiger partial charge in [0.25, 0.3) is 0 Å². The SMILES string of the molecule is c1ccc(-c2ccc3c(c2)Sc2cccc(-c4ccc5c6ccccc6n(-c6ccccc6)c5c4)c2C32c3ccccc3Sc3ccccc32)cc1. The van der Waals surface area contributed by atoms with Crippen LogP contribution in [0.2, 0.25) is 0 Å². The zero-order valence-electron chi connectivity index (χ0n) is 28.2. The molecule has 0 bridgehead atoms. The largest absolute Gasteiger partial charge is 0.309 e. The van der Waals surface area contributed by atoms with E-state index in [1.54, 1.807) is 0 Å². The average molecular weight is 698 g/mol. The molecule has 0 N–H and O–H groups in total. The lowest BCUT2D eigenvalue weighted by atomic mass is 9.62. The lowest BCUT2D eigenvalue weighted by Gasteiger charge is -2.46. The molecular formula is C49H31NS2. The molecule has 0 atom stereocenters. The number of rotatable bonds is 3. The standard InChI is InChI=1S/C49H31NS2/c1-3-14-32(15-4-1)33-27-29-41-47(31-33)52-46-25-13-19-36(48(46)49(41)39-20-8-11-23-44(39)51-45-24-12-9-21-40(45)49)34-26-28-38-37-18-7-10-22-42(37)50(43(38)30-34)35-16-5-2-6-17-35/h1-31H. The Morgan fingerprint density at radius 2 is 0.962 bits per heavy atom. The minimum absolute atomic E-state index is 0.513. The lowest BCUT2D eigenvalue weighted by Crippen LogP contribution is -2.37. The van der Waals surface area contributed by atoms with Gasteiger partial charge < -0.3 is 4.57 Å². The monoisotopic (exact) mass is 697 g/mol. The van der Waals surface area contributed by atoms with E-state index in [2.05, 4.69) is 193 Å². The van der Waals surface area contributed by atoms with Crippen molar-refractivity contribution in [1.82, 2.24) is 4.57 Å². The van der Waals surface area contributed by atoms with E-state index in [4.69, 9.17) is 0 Å². The van der Waals surface area contributed by atoms with Crippen molar-refractivity contribution in [2.75, 3.05) is 0 Å². The Morgan fingerprint density at radius 1 is 0.365 bits per heavy atom. The lowest BCUT2D eigenvalue weighted by molar-refractivity contribution is 0.669. The summed E-state index contributed by atoms with van der Waals surface area (Å²) in [6.07, 6.45) is 0. The van der Waals surface area contributed by atoms with Crippen LogP contribution < -0.4 is 0 Å². The molecule has 2 aliphatic heterocycles. The van der Waals surface area contributed by atoms with Crippen LogP contribution in [-0.2, 0) is 5.41 Å². The van der Waals surface area contributed by atoms with Crippen molar-refractivity contribution in [3.8, 4) is 27.9 Å². The van der Waals surface area contributed by atoms with Crippen molar-refractivity contribution in [2.45, 2.75) is 25.0 Å². The van der Waals surface area contributed by atoms with Crippen LogP contribution in [0, 0.1) is 0 Å². The Labute approximate surface area is 311 Å². The predicted molar refractivity (Wildman–Crippen MR) is 218 cm³/mol. The van der Waals surface area contributed by atoms with E-state index in [1.807, 2.05) is 23.5 Å². The van der Waals surface area contributed by atoms with Crippen molar-refractivity contribution in [3.63, 3.8) is 0 Å². The number of aromatic nitrogens is 1. The fourth-order valence-electron chi connectivity index (χ4n) is 8.77. The molecule has 3 heterocycles. The van der Waals surface area contributed by atoms with Crippen LogP contribution in [0.4, 0.5) is 0 Å². The first-order valence-corrected chi connectivity index (χ1v) is 19.4. The fraction of sp³-hybridized carbons (Fsp3) is 0.0204. The molecule has 1 spiro atoms. The van der Waals surface area contributed by atoms with Crippen LogP contribution in [0.25, 0.3) is 49.7 Å². The van der Waals surface area contributed by atoms with E-state index in [-0.39, 0.29) is 0 Å². The van der Waals surface area contributed by atoms with E-state index in [0.29, 0.717) is 0 Å². The molecule has 9 aromatic rings. The van der Waals surface area contributed by atoms with Gasteiger partial charge in [-0.2, -0.15) is 0 Å². The third-order valence-electron chi connectivity index (χ3n) is 10.9. The Kier molecular flexibility index (Phi) is 6.70. The number of benzene rings is 8. The summed E-state index contributed by atoms with van der Waals surface area (Å²) >= 11 is 3.81. The molecule has 0 saturated carbocycles. The zero-order valence-corrected chi connectivity index (χ0v) is 29.8. The molecule has 0 fully saturated rings. The minimum Gasteiger partial charge on any atom is -0.309 e. The van der Waals surface area contributed by atoms with Gasteiger partial charge in [0.1, 0.15) is 0 Å².